The normalized spacial score (nSPS) is 18.3. The lowest BCUT2D eigenvalue weighted by Crippen LogP contribution is -2.52. The molecule has 1 aliphatic heterocycles. The minimum absolute atomic E-state index is 0.0625. The van der Waals surface area contributed by atoms with E-state index in [0.29, 0.717) is 37.0 Å². The Morgan fingerprint density at radius 2 is 2.00 bits per heavy atom. The molecule has 1 unspecified atom stereocenters. The summed E-state index contributed by atoms with van der Waals surface area (Å²) < 4.78 is 10.9. The molecule has 2 rings (SSSR count). The second-order valence-corrected chi connectivity index (χ2v) is 8.11. The highest BCUT2D eigenvalue weighted by Crippen LogP contribution is 2.26. The fraction of sp³-hybridized carbons (Fsp3) is 0.579. The van der Waals surface area contributed by atoms with Gasteiger partial charge in [0.1, 0.15) is 11.4 Å². The van der Waals surface area contributed by atoms with E-state index in [1.54, 1.807) is 32.9 Å². The number of carboxylic acid groups (broad SMARTS) is 1. The largest absolute Gasteiger partial charge is 0.482 e. The first-order chi connectivity index (χ1) is 12.5. The monoisotopic (exact) mass is 398 g/mol. The number of carbonyl (C=O) groups excluding carboxylic acids is 1. The molecule has 0 aliphatic carbocycles. The average Bonchev–Trinajstić information content (AvgIpc) is 2.54. The molecule has 0 aromatic heterocycles. The van der Waals surface area contributed by atoms with Crippen LogP contribution in [0.1, 0.15) is 33.3 Å². The highest BCUT2D eigenvalue weighted by Gasteiger charge is 2.27. The van der Waals surface area contributed by atoms with Crippen molar-refractivity contribution in [3.63, 3.8) is 0 Å². The van der Waals surface area contributed by atoms with E-state index in [9.17, 15) is 9.59 Å². The Balaban J connectivity index is 2.03. The predicted octanol–water partition coefficient (Wildman–Crippen LogP) is 3.24. The lowest BCUT2D eigenvalue weighted by molar-refractivity contribution is -0.157. The van der Waals surface area contributed by atoms with Crippen LogP contribution in [0, 0.1) is 0 Å². The van der Waals surface area contributed by atoms with Crippen molar-refractivity contribution in [2.45, 2.75) is 45.9 Å². The third-order valence-electron chi connectivity index (χ3n) is 4.20. The zero-order chi connectivity index (χ0) is 20.2. The number of carbonyl (C=O) groups is 2. The molecular weight excluding hydrogens is 372 g/mol. The molecule has 1 aromatic rings. The quantitative estimate of drug-likeness (QED) is 0.767. The van der Waals surface area contributed by atoms with Crippen LogP contribution in [0.4, 0.5) is 4.79 Å². The predicted molar refractivity (Wildman–Crippen MR) is 102 cm³/mol. The second kappa shape index (κ2) is 8.80. The molecule has 1 atom stereocenters. The second-order valence-electron chi connectivity index (χ2n) is 7.68. The van der Waals surface area contributed by atoms with Gasteiger partial charge in [0, 0.05) is 42.8 Å². The summed E-state index contributed by atoms with van der Waals surface area (Å²) in [5, 5.41) is 9.72. The highest BCUT2D eigenvalue weighted by atomic mass is 35.5. The van der Waals surface area contributed by atoms with Crippen LogP contribution in [0.25, 0.3) is 0 Å². The molecule has 0 radical (unpaired) electrons. The van der Waals surface area contributed by atoms with Crippen LogP contribution in [-0.4, -0.2) is 64.9 Å². The van der Waals surface area contributed by atoms with Gasteiger partial charge in [-0.3, -0.25) is 4.90 Å². The van der Waals surface area contributed by atoms with Crippen LogP contribution in [0.3, 0.4) is 0 Å². The van der Waals surface area contributed by atoms with E-state index in [-0.39, 0.29) is 12.6 Å². The molecule has 150 valence electrons. The smallest absolute Gasteiger partial charge is 0.407 e. The third kappa shape index (κ3) is 6.59. The van der Waals surface area contributed by atoms with Crippen molar-refractivity contribution >= 4 is 23.7 Å². The van der Waals surface area contributed by atoms with Gasteiger partial charge in [-0.25, -0.2) is 9.59 Å². The SMILES string of the molecule is CC1CN(C(=O)O)CCN1Cc1cc(Cl)ccc1OCC(=O)OC(C)(C)C. The number of hydrogen-bond donors (Lipinski definition) is 1. The molecule has 7 nitrogen and oxygen atoms in total. The summed E-state index contributed by atoms with van der Waals surface area (Å²) in [6, 6.07) is 5.32. The van der Waals surface area contributed by atoms with Gasteiger partial charge < -0.3 is 19.5 Å². The van der Waals surface area contributed by atoms with Crippen molar-refractivity contribution in [1.29, 1.82) is 0 Å². The van der Waals surface area contributed by atoms with Crippen molar-refractivity contribution in [2.75, 3.05) is 26.2 Å². The first kappa shape index (κ1) is 21.3. The summed E-state index contributed by atoms with van der Waals surface area (Å²) in [7, 11) is 0. The van der Waals surface area contributed by atoms with Gasteiger partial charge in [-0.15, -0.1) is 0 Å². The number of halogens is 1. The van der Waals surface area contributed by atoms with Crippen molar-refractivity contribution in [3.8, 4) is 5.75 Å². The fourth-order valence-corrected chi connectivity index (χ4v) is 3.14. The first-order valence-electron chi connectivity index (χ1n) is 8.90. The summed E-state index contributed by atoms with van der Waals surface area (Å²) in [5.74, 6) is 0.130. The number of hydrogen-bond acceptors (Lipinski definition) is 5. The number of benzene rings is 1. The van der Waals surface area contributed by atoms with Crippen molar-refractivity contribution < 1.29 is 24.2 Å². The number of rotatable bonds is 5. The molecule has 1 N–H and O–H groups in total. The maximum absolute atomic E-state index is 11.9. The van der Waals surface area contributed by atoms with E-state index in [2.05, 4.69) is 4.90 Å². The van der Waals surface area contributed by atoms with Gasteiger partial charge in [-0.2, -0.15) is 0 Å². The Morgan fingerprint density at radius 3 is 2.59 bits per heavy atom. The van der Waals surface area contributed by atoms with E-state index < -0.39 is 17.7 Å². The average molecular weight is 399 g/mol. The molecule has 27 heavy (non-hydrogen) atoms. The maximum atomic E-state index is 11.9. The van der Waals surface area contributed by atoms with Gasteiger partial charge in [0.25, 0.3) is 0 Å². The van der Waals surface area contributed by atoms with Crippen LogP contribution >= 0.6 is 11.6 Å². The van der Waals surface area contributed by atoms with E-state index in [4.69, 9.17) is 26.2 Å². The number of esters is 1. The third-order valence-corrected chi connectivity index (χ3v) is 4.43. The molecule has 0 bridgehead atoms. The molecule has 0 saturated carbocycles. The van der Waals surface area contributed by atoms with Crippen molar-refractivity contribution in [1.82, 2.24) is 9.80 Å². The molecule has 1 amide bonds. The minimum atomic E-state index is -0.898. The molecule has 0 spiro atoms. The van der Waals surface area contributed by atoms with Crippen LogP contribution in [-0.2, 0) is 16.1 Å². The molecule has 1 aromatic carbocycles. The van der Waals surface area contributed by atoms with Crippen LogP contribution in [0.2, 0.25) is 5.02 Å². The van der Waals surface area contributed by atoms with E-state index in [0.717, 1.165) is 5.56 Å². The van der Waals surface area contributed by atoms with Gasteiger partial charge in [-0.1, -0.05) is 11.6 Å². The Labute approximate surface area is 164 Å². The fourth-order valence-electron chi connectivity index (χ4n) is 2.94. The number of amides is 1. The summed E-state index contributed by atoms with van der Waals surface area (Å²) in [5.41, 5.74) is 0.282. The van der Waals surface area contributed by atoms with E-state index in [1.165, 1.54) is 4.90 Å². The van der Waals surface area contributed by atoms with Gasteiger partial charge in [-0.05, 0) is 45.9 Å². The van der Waals surface area contributed by atoms with E-state index >= 15 is 0 Å². The van der Waals surface area contributed by atoms with Gasteiger partial charge in [0.2, 0.25) is 0 Å². The lowest BCUT2D eigenvalue weighted by atomic mass is 10.1. The number of piperazine rings is 1. The molecule has 8 heteroatoms. The Hall–Kier alpha value is -1.99. The van der Waals surface area contributed by atoms with Gasteiger partial charge in [0.05, 0.1) is 0 Å². The number of nitrogens with zero attached hydrogens (tertiary/aromatic N) is 2. The zero-order valence-electron chi connectivity index (χ0n) is 16.2. The molecule has 1 saturated heterocycles. The Bertz CT molecular complexity index is 689. The zero-order valence-corrected chi connectivity index (χ0v) is 17.0. The summed E-state index contributed by atoms with van der Waals surface area (Å²) in [6.07, 6.45) is -0.898. The van der Waals surface area contributed by atoms with E-state index in [1.807, 2.05) is 13.0 Å². The van der Waals surface area contributed by atoms with Crippen molar-refractivity contribution in [2.24, 2.45) is 0 Å². The topological polar surface area (TPSA) is 79.3 Å². The van der Waals surface area contributed by atoms with Gasteiger partial charge >= 0.3 is 12.1 Å². The molecular formula is C19H27ClN2O5. The summed E-state index contributed by atoms with van der Waals surface area (Å²) in [6.45, 7) is 9.28. The summed E-state index contributed by atoms with van der Waals surface area (Å²) >= 11 is 6.13. The molecule has 1 aliphatic rings. The van der Waals surface area contributed by atoms with Crippen molar-refractivity contribution in [3.05, 3.63) is 28.8 Å². The van der Waals surface area contributed by atoms with Crippen LogP contribution in [0.5, 0.6) is 5.75 Å². The number of ether oxygens (including phenoxy) is 2. The minimum Gasteiger partial charge on any atom is -0.482 e. The first-order valence-corrected chi connectivity index (χ1v) is 9.28. The lowest BCUT2D eigenvalue weighted by Gasteiger charge is -2.38. The standard InChI is InChI=1S/C19H27ClN2O5/c1-13-10-22(18(24)25)8-7-21(13)11-14-9-15(20)5-6-16(14)26-12-17(23)27-19(2,3)4/h5-6,9,13H,7-8,10-12H2,1-4H3,(H,24,25). The maximum Gasteiger partial charge on any atom is 0.407 e. The summed E-state index contributed by atoms with van der Waals surface area (Å²) in [4.78, 5) is 26.6. The Morgan fingerprint density at radius 1 is 1.30 bits per heavy atom. The van der Waals surface area contributed by atoms with Gasteiger partial charge in [0.15, 0.2) is 6.61 Å². The molecule has 1 heterocycles. The van der Waals surface area contributed by atoms with Crippen LogP contribution in [0.15, 0.2) is 18.2 Å². The highest BCUT2D eigenvalue weighted by molar-refractivity contribution is 6.30. The van der Waals surface area contributed by atoms with Crippen LogP contribution < -0.4 is 4.74 Å². The Kier molecular flexibility index (Phi) is 6.95. The molecule has 1 fully saturated rings.